The molecule has 2 aromatic heterocycles. The van der Waals surface area contributed by atoms with E-state index < -0.39 is 15.9 Å². The molecule has 0 unspecified atom stereocenters. The number of nitrogens with two attached hydrogens (primary N) is 1. The van der Waals surface area contributed by atoms with E-state index in [-0.39, 0.29) is 29.5 Å². The number of hydrogen-bond acceptors (Lipinski definition) is 7. The second-order valence-corrected chi connectivity index (χ2v) is 9.27. The van der Waals surface area contributed by atoms with Crippen LogP contribution >= 0.6 is 22.7 Å². The summed E-state index contributed by atoms with van der Waals surface area (Å²) in [6.07, 6.45) is 0.569. The highest BCUT2D eigenvalue weighted by Crippen LogP contribution is 2.20. The summed E-state index contributed by atoms with van der Waals surface area (Å²) in [5, 5.41) is 6.37. The summed E-state index contributed by atoms with van der Waals surface area (Å²) >= 11 is 2.36. The molecule has 0 aromatic carbocycles. The quantitative estimate of drug-likeness (QED) is 0.654. The summed E-state index contributed by atoms with van der Waals surface area (Å²) in [5.41, 5.74) is 5.59. The SMILES string of the molecule is CN(CCCC(=O)Nc1nc(CC(N)=O)cs1)S(=O)(=O)c1cccs1. The van der Waals surface area contributed by atoms with Gasteiger partial charge >= 0.3 is 0 Å². The van der Waals surface area contributed by atoms with Crippen molar-refractivity contribution in [2.75, 3.05) is 18.9 Å². The van der Waals surface area contributed by atoms with E-state index in [0.717, 1.165) is 11.3 Å². The van der Waals surface area contributed by atoms with Gasteiger partial charge in [0, 0.05) is 25.4 Å². The van der Waals surface area contributed by atoms with Crippen molar-refractivity contribution in [3.05, 3.63) is 28.6 Å². The van der Waals surface area contributed by atoms with Gasteiger partial charge in [0.15, 0.2) is 5.13 Å². The van der Waals surface area contributed by atoms with Crippen LogP contribution in [0.4, 0.5) is 5.13 Å². The summed E-state index contributed by atoms with van der Waals surface area (Å²) in [6, 6.07) is 3.23. The van der Waals surface area contributed by atoms with Gasteiger partial charge in [-0.2, -0.15) is 0 Å². The molecule has 3 N–H and O–H groups in total. The van der Waals surface area contributed by atoms with Gasteiger partial charge in [0.2, 0.25) is 11.8 Å². The molecule has 136 valence electrons. The fraction of sp³-hybridized carbons (Fsp3) is 0.357. The molecule has 0 spiro atoms. The zero-order valence-electron chi connectivity index (χ0n) is 13.5. The fourth-order valence-electron chi connectivity index (χ4n) is 1.95. The molecule has 0 aliphatic rings. The van der Waals surface area contributed by atoms with Crippen molar-refractivity contribution in [1.29, 1.82) is 0 Å². The average molecular weight is 403 g/mol. The smallest absolute Gasteiger partial charge is 0.252 e. The van der Waals surface area contributed by atoms with Crippen LogP contribution in [0.15, 0.2) is 27.1 Å². The molecule has 0 bridgehead atoms. The monoisotopic (exact) mass is 402 g/mol. The molecule has 11 heteroatoms. The second kappa shape index (κ2) is 8.52. The Hall–Kier alpha value is -1.82. The molecular weight excluding hydrogens is 384 g/mol. The van der Waals surface area contributed by atoms with E-state index in [1.54, 1.807) is 22.9 Å². The molecule has 2 aromatic rings. The molecule has 2 rings (SSSR count). The number of thiophene rings is 1. The maximum absolute atomic E-state index is 12.2. The van der Waals surface area contributed by atoms with Gasteiger partial charge in [-0.25, -0.2) is 17.7 Å². The minimum absolute atomic E-state index is 0.0255. The number of sulfonamides is 1. The maximum Gasteiger partial charge on any atom is 0.252 e. The zero-order valence-corrected chi connectivity index (χ0v) is 15.9. The molecule has 0 saturated carbocycles. The van der Waals surface area contributed by atoms with Crippen LogP contribution < -0.4 is 11.1 Å². The fourth-order valence-corrected chi connectivity index (χ4v) is 5.09. The molecule has 0 fully saturated rings. The van der Waals surface area contributed by atoms with E-state index in [1.807, 2.05) is 0 Å². The van der Waals surface area contributed by atoms with Gasteiger partial charge in [0.05, 0.1) is 12.1 Å². The van der Waals surface area contributed by atoms with Crippen molar-refractivity contribution in [3.63, 3.8) is 0 Å². The lowest BCUT2D eigenvalue weighted by Crippen LogP contribution is -2.28. The average Bonchev–Trinajstić information content (AvgIpc) is 3.18. The van der Waals surface area contributed by atoms with E-state index in [0.29, 0.717) is 17.2 Å². The lowest BCUT2D eigenvalue weighted by atomic mass is 10.3. The van der Waals surface area contributed by atoms with E-state index in [1.165, 1.54) is 22.7 Å². The molecule has 0 saturated heterocycles. The van der Waals surface area contributed by atoms with Crippen LogP contribution in [0.2, 0.25) is 0 Å². The predicted molar refractivity (Wildman–Crippen MR) is 97.0 cm³/mol. The van der Waals surface area contributed by atoms with Gasteiger partial charge < -0.3 is 11.1 Å². The highest BCUT2D eigenvalue weighted by molar-refractivity contribution is 7.91. The molecule has 2 amide bonds. The first-order valence-corrected chi connectivity index (χ1v) is 10.5. The number of nitrogens with zero attached hydrogens (tertiary/aromatic N) is 2. The number of hydrogen-bond donors (Lipinski definition) is 2. The standard InChI is InChI=1S/C14H18N4O4S3/c1-18(25(21,22)13-5-3-7-23-13)6-2-4-12(20)17-14-16-10(9-24-14)8-11(15)19/h3,5,7,9H,2,4,6,8H2,1H3,(H2,15,19)(H,16,17,20). The summed E-state index contributed by atoms with van der Waals surface area (Å²) in [6.45, 7) is 0.235. The van der Waals surface area contributed by atoms with Crippen LogP contribution in [-0.4, -0.2) is 43.1 Å². The normalized spacial score (nSPS) is 11.6. The van der Waals surface area contributed by atoms with Gasteiger partial charge in [-0.15, -0.1) is 22.7 Å². The number of carbonyl (C=O) groups is 2. The largest absolute Gasteiger partial charge is 0.369 e. The van der Waals surface area contributed by atoms with Crippen LogP contribution in [0.1, 0.15) is 18.5 Å². The Balaban J connectivity index is 1.78. The van der Waals surface area contributed by atoms with E-state index in [4.69, 9.17) is 5.73 Å². The van der Waals surface area contributed by atoms with Crippen LogP contribution in [0, 0.1) is 0 Å². The minimum Gasteiger partial charge on any atom is -0.369 e. The Kier molecular flexibility index (Phi) is 6.64. The third kappa shape index (κ3) is 5.59. The van der Waals surface area contributed by atoms with Gasteiger partial charge in [-0.1, -0.05) is 6.07 Å². The molecule has 0 aliphatic heterocycles. The molecule has 0 radical (unpaired) electrons. The number of carbonyl (C=O) groups excluding carboxylic acids is 2. The minimum atomic E-state index is -3.49. The lowest BCUT2D eigenvalue weighted by molar-refractivity contribution is -0.117. The molecule has 0 atom stereocenters. The van der Waals surface area contributed by atoms with Crippen LogP contribution in [0.5, 0.6) is 0 Å². The Bertz CT molecular complexity index is 830. The van der Waals surface area contributed by atoms with Crippen LogP contribution in [-0.2, 0) is 26.0 Å². The molecular formula is C14H18N4O4S3. The molecule has 8 nitrogen and oxygen atoms in total. The summed E-state index contributed by atoms with van der Waals surface area (Å²) in [4.78, 5) is 26.8. The van der Waals surface area contributed by atoms with Gasteiger partial charge in [-0.3, -0.25) is 9.59 Å². The number of aromatic nitrogens is 1. The van der Waals surface area contributed by atoms with Crippen LogP contribution in [0.25, 0.3) is 0 Å². The molecule has 0 aliphatic carbocycles. The number of nitrogens with one attached hydrogen (secondary N) is 1. The third-order valence-corrected chi connectivity index (χ3v) is 7.23. The Morgan fingerprint density at radius 3 is 2.76 bits per heavy atom. The van der Waals surface area contributed by atoms with Gasteiger partial charge in [0.25, 0.3) is 10.0 Å². The number of anilines is 1. The highest BCUT2D eigenvalue weighted by atomic mass is 32.2. The van der Waals surface area contributed by atoms with Crippen LogP contribution in [0.3, 0.4) is 0 Å². The molecule has 2 heterocycles. The zero-order chi connectivity index (χ0) is 18.4. The van der Waals surface area contributed by atoms with Crippen molar-refractivity contribution in [2.24, 2.45) is 5.73 Å². The third-order valence-electron chi connectivity index (χ3n) is 3.19. The predicted octanol–water partition coefficient (Wildman–Crippen LogP) is 1.27. The Morgan fingerprint density at radius 1 is 1.36 bits per heavy atom. The van der Waals surface area contributed by atoms with E-state index in [9.17, 15) is 18.0 Å². The first-order chi connectivity index (χ1) is 11.8. The van der Waals surface area contributed by atoms with E-state index in [2.05, 4.69) is 10.3 Å². The maximum atomic E-state index is 12.2. The highest BCUT2D eigenvalue weighted by Gasteiger charge is 2.21. The number of primary amides is 1. The first kappa shape index (κ1) is 19.5. The van der Waals surface area contributed by atoms with Gasteiger partial charge in [-0.05, 0) is 17.9 Å². The Labute approximate surface area is 153 Å². The van der Waals surface area contributed by atoms with Crippen molar-refractivity contribution in [2.45, 2.75) is 23.5 Å². The van der Waals surface area contributed by atoms with Crippen molar-refractivity contribution < 1.29 is 18.0 Å². The topological polar surface area (TPSA) is 122 Å². The Morgan fingerprint density at radius 2 is 2.12 bits per heavy atom. The lowest BCUT2D eigenvalue weighted by Gasteiger charge is -2.15. The van der Waals surface area contributed by atoms with Crippen molar-refractivity contribution in [3.8, 4) is 0 Å². The second-order valence-electron chi connectivity index (χ2n) is 5.20. The molecule has 25 heavy (non-hydrogen) atoms. The van der Waals surface area contributed by atoms with Crippen molar-refractivity contribution >= 4 is 49.6 Å². The summed E-state index contributed by atoms with van der Waals surface area (Å²) in [5.74, 6) is -0.750. The number of thiazole rings is 1. The summed E-state index contributed by atoms with van der Waals surface area (Å²) < 4.78 is 26.0. The summed E-state index contributed by atoms with van der Waals surface area (Å²) in [7, 11) is -2.00. The number of rotatable bonds is 9. The first-order valence-electron chi connectivity index (χ1n) is 7.31. The van der Waals surface area contributed by atoms with Crippen molar-refractivity contribution in [1.82, 2.24) is 9.29 Å². The van der Waals surface area contributed by atoms with E-state index >= 15 is 0 Å². The number of amides is 2. The van der Waals surface area contributed by atoms with Gasteiger partial charge in [0.1, 0.15) is 4.21 Å².